The lowest BCUT2D eigenvalue weighted by Crippen LogP contribution is -2.58. The number of aromatic nitrogens is 4. The molecule has 4 heterocycles. The third-order valence-corrected chi connectivity index (χ3v) is 6.29. The van der Waals surface area contributed by atoms with Gasteiger partial charge in [0.2, 0.25) is 17.8 Å². The number of fused-ring (bicyclic) bond motifs is 2. The van der Waals surface area contributed by atoms with Crippen molar-refractivity contribution in [3.05, 3.63) is 48.5 Å². The zero-order chi connectivity index (χ0) is 19.6. The highest BCUT2D eigenvalue weighted by molar-refractivity contribution is 5.99. The number of H-pyrrole nitrogens is 3. The second kappa shape index (κ2) is 5.73. The number of nitrogen functional groups attached to an aromatic ring is 1. The Balaban J connectivity index is 1.29. The Morgan fingerprint density at radius 3 is 2.97 bits per heavy atom. The van der Waals surface area contributed by atoms with Crippen LogP contribution in [-0.2, 0) is 0 Å². The summed E-state index contributed by atoms with van der Waals surface area (Å²) in [5.41, 5.74) is 8.94. The van der Waals surface area contributed by atoms with E-state index in [-0.39, 0.29) is 11.4 Å². The topological polar surface area (TPSA) is 108 Å². The van der Waals surface area contributed by atoms with E-state index < -0.39 is 0 Å². The van der Waals surface area contributed by atoms with Crippen LogP contribution in [0.3, 0.4) is 0 Å². The van der Waals surface area contributed by atoms with Crippen molar-refractivity contribution < 1.29 is 9.78 Å². The van der Waals surface area contributed by atoms with Crippen molar-refractivity contribution in [2.75, 3.05) is 30.3 Å². The SMILES string of the molecule is Nc1ccc2[nH]c(C(=O)N3CCN(c4[nH+]cnc5[nH]ccc45)CC34CC4)cc2c1. The monoisotopic (exact) mass is 388 g/mol. The summed E-state index contributed by atoms with van der Waals surface area (Å²) in [4.78, 5) is 31.8. The van der Waals surface area contributed by atoms with Gasteiger partial charge in [-0.05, 0) is 43.2 Å². The lowest BCUT2D eigenvalue weighted by atomic mass is 10.1. The lowest BCUT2D eigenvalue weighted by Gasteiger charge is -2.40. The molecule has 1 saturated heterocycles. The fourth-order valence-corrected chi connectivity index (χ4v) is 4.63. The van der Waals surface area contributed by atoms with Gasteiger partial charge in [-0.1, -0.05) is 4.98 Å². The van der Waals surface area contributed by atoms with Crippen LogP contribution in [-0.4, -0.2) is 50.9 Å². The van der Waals surface area contributed by atoms with Crippen LogP contribution in [0.15, 0.2) is 42.9 Å². The molecule has 0 bridgehead atoms. The normalized spacial score (nSPS) is 18.1. The molecular formula is C21H22N7O+. The van der Waals surface area contributed by atoms with Crippen LogP contribution in [0.5, 0.6) is 0 Å². The molecule has 0 radical (unpaired) electrons. The standard InChI is InChI=1S/C21H21N7O/c22-14-1-2-16-13(9-14)10-17(26-16)20(29)28-8-7-27(11-21(28)4-5-21)19-15-3-6-23-18(15)24-12-25-19/h1-3,6,9-10,12,26H,4-5,7-8,11,22H2,(H,23,24,25)/p+1. The molecule has 1 saturated carbocycles. The highest BCUT2D eigenvalue weighted by Crippen LogP contribution is 2.45. The zero-order valence-corrected chi connectivity index (χ0v) is 15.9. The molecule has 1 aliphatic carbocycles. The average molecular weight is 388 g/mol. The van der Waals surface area contributed by atoms with Crippen LogP contribution in [0.25, 0.3) is 21.9 Å². The van der Waals surface area contributed by atoms with Gasteiger partial charge in [0.1, 0.15) is 11.1 Å². The van der Waals surface area contributed by atoms with Gasteiger partial charge in [0.05, 0.1) is 25.2 Å². The average Bonchev–Trinajstić information content (AvgIpc) is 3.16. The number of hydrogen-bond acceptors (Lipinski definition) is 4. The number of hydrogen-bond donors (Lipinski definition) is 3. The van der Waals surface area contributed by atoms with Crippen LogP contribution in [0.4, 0.5) is 11.5 Å². The van der Waals surface area contributed by atoms with E-state index in [1.54, 1.807) is 6.33 Å². The van der Waals surface area contributed by atoms with Crippen molar-refractivity contribution in [3.8, 4) is 0 Å². The Hall–Kier alpha value is -3.55. The number of carbonyl (C=O) groups is 1. The highest BCUT2D eigenvalue weighted by atomic mass is 16.2. The molecule has 5 N–H and O–H groups in total. The predicted molar refractivity (Wildman–Crippen MR) is 111 cm³/mol. The van der Waals surface area contributed by atoms with Gasteiger partial charge in [-0.2, -0.15) is 0 Å². The van der Waals surface area contributed by atoms with Crippen LogP contribution >= 0.6 is 0 Å². The Kier molecular flexibility index (Phi) is 3.24. The first-order valence-corrected chi connectivity index (χ1v) is 9.92. The number of aromatic amines is 3. The first-order chi connectivity index (χ1) is 14.1. The maximum atomic E-state index is 13.3. The molecule has 6 rings (SSSR count). The summed E-state index contributed by atoms with van der Waals surface area (Å²) in [6.45, 7) is 2.30. The number of nitrogens with two attached hydrogens (primary N) is 1. The number of piperazine rings is 1. The number of nitrogens with one attached hydrogen (secondary N) is 3. The van der Waals surface area contributed by atoms with Crippen molar-refractivity contribution in [1.82, 2.24) is 19.9 Å². The van der Waals surface area contributed by atoms with Crippen molar-refractivity contribution in [3.63, 3.8) is 0 Å². The number of rotatable bonds is 2. The molecule has 2 fully saturated rings. The fraction of sp³-hybridized carbons (Fsp3) is 0.286. The summed E-state index contributed by atoms with van der Waals surface area (Å²) in [5, 5.41) is 2.05. The molecule has 1 aromatic carbocycles. The van der Waals surface area contributed by atoms with Gasteiger partial charge in [0, 0.05) is 22.8 Å². The van der Waals surface area contributed by atoms with Gasteiger partial charge in [-0.25, -0.2) is 4.98 Å². The van der Waals surface area contributed by atoms with E-state index in [0.717, 1.165) is 53.7 Å². The van der Waals surface area contributed by atoms with Crippen LogP contribution in [0, 0.1) is 0 Å². The van der Waals surface area contributed by atoms with Gasteiger partial charge in [-0.3, -0.25) is 9.69 Å². The maximum absolute atomic E-state index is 13.3. The minimum Gasteiger partial charge on any atom is -0.399 e. The van der Waals surface area contributed by atoms with Crippen LogP contribution in [0.1, 0.15) is 23.3 Å². The summed E-state index contributed by atoms with van der Waals surface area (Å²) in [6.07, 6.45) is 5.69. The zero-order valence-electron chi connectivity index (χ0n) is 15.9. The largest absolute Gasteiger partial charge is 0.399 e. The number of carbonyl (C=O) groups excluding carboxylic acids is 1. The fourth-order valence-electron chi connectivity index (χ4n) is 4.63. The maximum Gasteiger partial charge on any atom is 0.270 e. The molecule has 146 valence electrons. The van der Waals surface area contributed by atoms with Crippen LogP contribution in [0.2, 0.25) is 0 Å². The number of benzene rings is 1. The van der Waals surface area contributed by atoms with E-state index in [1.165, 1.54) is 0 Å². The van der Waals surface area contributed by atoms with Crippen molar-refractivity contribution >= 4 is 39.3 Å². The smallest absolute Gasteiger partial charge is 0.270 e. The summed E-state index contributed by atoms with van der Waals surface area (Å²) in [7, 11) is 0. The Morgan fingerprint density at radius 1 is 1.21 bits per heavy atom. The first-order valence-electron chi connectivity index (χ1n) is 9.92. The quantitative estimate of drug-likeness (QED) is 0.456. The predicted octanol–water partition coefficient (Wildman–Crippen LogP) is 1.94. The molecule has 0 unspecified atom stereocenters. The lowest BCUT2D eigenvalue weighted by molar-refractivity contribution is -0.367. The second-order valence-corrected chi connectivity index (χ2v) is 8.12. The minimum absolute atomic E-state index is 0.0717. The molecule has 8 nitrogen and oxygen atoms in total. The van der Waals surface area contributed by atoms with Crippen molar-refractivity contribution in [1.29, 1.82) is 0 Å². The molecule has 3 aromatic heterocycles. The minimum atomic E-state index is -0.0919. The summed E-state index contributed by atoms with van der Waals surface area (Å²) < 4.78 is 0. The molecule has 1 aliphatic heterocycles. The number of nitrogens with zero attached hydrogens (tertiary/aromatic N) is 3. The molecule has 4 aromatic rings. The van der Waals surface area contributed by atoms with E-state index in [0.29, 0.717) is 17.9 Å². The number of amides is 1. The summed E-state index contributed by atoms with van der Waals surface area (Å²) >= 11 is 0. The molecule has 8 heteroatoms. The summed E-state index contributed by atoms with van der Waals surface area (Å²) in [6, 6.07) is 9.63. The second-order valence-electron chi connectivity index (χ2n) is 8.12. The third kappa shape index (κ3) is 2.48. The van der Waals surface area contributed by atoms with Gasteiger partial charge >= 0.3 is 0 Å². The van der Waals surface area contributed by atoms with Crippen molar-refractivity contribution in [2.45, 2.75) is 18.4 Å². The molecule has 1 spiro atoms. The van der Waals surface area contributed by atoms with Gasteiger partial charge in [0.25, 0.3) is 5.91 Å². The highest BCUT2D eigenvalue weighted by Gasteiger charge is 2.55. The van der Waals surface area contributed by atoms with E-state index in [9.17, 15) is 4.79 Å². The Morgan fingerprint density at radius 2 is 2.10 bits per heavy atom. The summed E-state index contributed by atoms with van der Waals surface area (Å²) in [5.74, 6) is 1.14. The number of anilines is 2. The Labute approximate surface area is 166 Å². The van der Waals surface area contributed by atoms with Crippen molar-refractivity contribution in [2.24, 2.45) is 0 Å². The molecular weight excluding hydrogens is 366 g/mol. The van der Waals surface area contributed by atoms with Crippen LogP contribution < -0.4 is 15.6 Å². The molecule has 1 amide bonds. The third-order valence-electron chi connectivity index (χ3n) is 6.29. The van der Waals surface area contributed by atoms with E-state index in [2.05, 4.69) is 29.7 Å². The van der Waals surface area contributed by atoms with E-state index in [1.807, 2.05) is 36.5 Å². The van der Waals surface area contributed by atoms with Gasteiger partial charge in [-0.15, -0.1) is 0 Å². The van der Waals surface area contributed by atoms with Gasteiger partial charge < -0.3 is 20.6 Å². The Bertz CT molecular complexity index is 1250. The molecule has 29 heavy (non-hydrogen) atoms. The van der Waals surface area contributed by atoms with E-state index in [4.69, 9.17) is 5.73 Å². The van der Waals surface area contributed by atoms with Gasteiger partial charge in [0.15, 0.2) is 0 Å². The first kappa shape index (κ1) is 16.4. The van der Waals surface area contributed by atoms with E-state index >= 15 is 0 Å². The molecule has 2 aliphatic rings. The molecule has 0 atom stereocenters.